The van der Waals surface area contributed by atoms with Gasteiger partial charge in [-0.25, -0.2) is 0 Å². The summed E-state index contributed by atoms with van der Waals surface area (Å²) >= 11 is 0. The van der Waals surface area contributed by atoms with Crippen LogP contribution < -0.4 is 20.1 Å². The number of carbonyl (C=O) groups excluding carboxylic acids is 2. The predicted octanol–water partition coefficient (Wildman–Crippen LogP) is 2.91. The van der Waals surface area contributed by atoms with E-state index in [-0.39, 0.29) is 24.5 Å². The molecule has 2 aromatic rings. The van der Waals surface area contributed by atoms with Gasteiger partial charge in [0.2, 0.25) is 0 Å². The first-order chi connectivity index (χ1) is 12.1. The summed E-state index contributed by atoms with van der Waals surface area (Å²) in [5.74, 6) is 0.830. The lowest BCUT2D eigenvalue weighted by Crippen LogP contribution is -2.29. The van der Waals surface area contributed by atoms with Crippen molar-refractivity contribution in [3.05, 3.63) is 53.6 Å². The molecule has 0 saturated heterocycles. The maximum Gasteiger partial charge on any atom is 0.262 e. The van der Waals surface area contributed by atoms with Crippen LogP contribution in [-0.2, 0) is 4.79 Å². The zero-order chi connectivity index (χ0) is 17.8. The Hall–Kier alpha value is -3.02. The van der Waals surface area contributed by atoms with Crippen molar-refractivity contribution in [1.82, 2.24) is 5.32 Å². The highest BCUT2D eigenvalue weighted by atomic mass is 16.5. The summed E-state index contributed by atoms with van der Waals surface area (Å²) in [4.78, 5) is 24.0. The van der Waals surface area contributed by atoms with Gasteiger partial charge >= 0.3 is 0 Å². The molecule has 0 unspecified atom stereocenters. The smallest absolute Gasteiger partial charge is 0.262 e. The molecular formula is C19H20N2O4. The van der Waals surface area contributed by atoms with Crippen molar-refractivity contribution >= 4 is 17.5 Å². The number of nitrogens with one attached hydrogen (secondary N) is 2. The van der Waals surface area contributed by atoms with Gasteiger partial charge in [-0.2, -0.15) is 0 Å². The second kappa shape index (κ2) is 7.25. The molecule has 1 heterocycles. The quantitative estimate of drug-likeness (QED) is 0.877. The van der Waals surface area contributed by atoms with Gasteiger partial charge in [0.15, 0.2) is 6.61 Å². The van der Waals surface area contributed by atoms with Crippen molar-refractivity contribution in [2.75, 3.05) is 19.0 Å². The number of amides is 2. The normalized spacial score (nSPS) is 13.9. The van der Waals surface area contributed by atoms with E-state index in [4.69, 9.17) is 9.47 Å². The number of benzene rings is 2. The van der Waals surface area contributed by atoms with Gasteiger partial charge in [0.1, 0.15) is 11.5 Å². The van der Waals surface area contributed by atoms with E-state index in [2.05, 4.69) is 10.6 Å². The van der Waals surface area contributed by atoms with E-state index < -0.39 is 0 Å². The Bertz CT molecular complexity index is 804. The summed E-state index contributed by atoms with van der Waals surface area (Å²) in [6, 6.07) is 12.4. The molecule has 0 aliphatic carbocycles. The highest BCUT2D eigenvalue weighted by molar-refractivity contribution is 5.99. The maximum atomic E-state index is 12.6. The topological polar surface area (TPSA) is 76.7 Å². The number of methoxy groups -OCH3 is 1. The Labute approximate surface area is 146 Å². The van der Waals surface area contributed by atoms with Crippen LogP contribution in [0.4, 0.5) is 5.69 Å². The summed E-state index contributed by atoms with van der Waals surface area (Å²) in [6.07, 6.45) is 0.726. The SMILES string of the molecule is CC[C@H](NC(=O)c1ccc2c(c1)OCC(=O)N2)c1ccccc1OC. The lowest BCUT2D eigenvalue weighted by Gasteiger charge is -2.21. The lowest BCUT2D eigenvalue weighted by atomic mass is 10.0. The van der Waals surface area contributed by atoms with E-state index in [0.717, 1.165) is 17.7 Å². The van der Waals surface area contributed by atoms with Crippen LogP contribution in [0.2, 0.25) is 0 Å². The molecule has 0 aromatic heterocycles. The molecule has 25 heavy (non-hydrogen) atoms. The van der Waals surface area contributed by atoms with E-state index in [1.54, 1.807) is 25.3 Å². The van der Waals surface area contributed by atoms with Crippen molar-refractivity contribution in [3.63, 3.8) is 0 Å². The van der Waals surface area contributed by atoms with Crippen LogP contribution in [0.15, 0.2) is 42.5 Å². The highest BCUT2D eigenvalue weighted by Gasteiger charge is 2.20. The number of carbonyl (C=O) groups is 2. The van der Waals surface area contributed by atoms with Gasteiger partial charge in [0.05, 0.1) is 18.8 Å². The summed E-state index contributed by atoms with van der Waals surface area (Å²) in [5, 5.41) is 5.73. The molecule has 2 N–H and O–H groups in total. The van der Waals surface area contributed by atoms with Crippen LogP contribution in [0.3, 0.4) is 0 Å². The summed E-state index contributed by atoms with van der Waals surface area (Å²) < 4.78 is 10.8. The van der Waals surface area contributed by atoms with Crippen LogP contribution in [0.1, 0.15) is 35.3 Å². The van der Waals surface area contributed by atoms with Gasteiger partial charge < -0.3 is 20.1 Å². The molecule has 1 aliphatic heterocycles. The fourth-order valence-corrected chi connectivity index (χ4v) is 2.81. The number of ether oxygens (including phenoxy) is 2. The third kappa shape index (κ3) is 3.57. The van der Waals surface area contributed by atoms with Gasteiger partial charge in [-0.1, -0.05) is 25.1 Å². The zero-order valence-electron chi connectivity index (χ0n) is 14.2. The van der Waals surface area contributed by atoms with Gasteiger partial charge in [-0.05, 0) is 30.7 Å². The average molecular weight is 340 g/mol. The third-order valence-electron chi connectivity index (χ3n) is 4.10. The minimum atomic E-state index is -0.207. The van der Waals surface area contributed by atoms with Gasteiger partial charge in [0, 0.05) is 11.1 Å². The molecule has 0 radical (unpaired) electrons. The van der Waals surface area contributed by atoms with Crippen molar-refractivity contribution < 1.29 is 19.1 Å². The molecule has 1 atom stereocenters. The lowest BCUT2D eigenvalue weighted by molar-refractivity contribution is -0.118. The molecule has 2 aromatic carbocycles. The summed E-state index contributed by atoms with van der Waals surface area (Å²) in [7, 11) is 1.61. The minimum absolute atomic E-state index is 0.0448. The third-order valence-corrected chi connectivity index (χ3v) is 4.10. The Morgan fingerprint density at radius 1 is 1.32 bits per heavy atom. The number of para-hydroxylation sites is 1. The Kier molecular flexibility index (Phi) is 4.88. The van der Waals surface area contributed by atoms with Crippen molar-refractivity contribution in [2.45, 2.75) is 19.4 Å². The molecule has 0 spiro atoms. The van der Waals surface area contributed by atoms with Crippen molar-refractivity contribution in [2.24, 2.45) is 0 Å². The Morgan fingerprint density at radius 2 is 2.12 bits per heavy atom. The number of hydrogen-bond donors (Lipinski definition) is 2. The highest BCUT2D eigenvalue weighted by Crippen LogP contribution is 2.30. The molecule has 3 rings (SSSR count). The van der Waals surface area contributed by atoms with Crippen LogP contribution in [-0.4, -0.2) is 25.5 Å². The Balaban J connectivity index is 1.80. The van der Waals surface area contributed by atoms with Crippen LogP contribution in [0.5, 0.6) is 11.5 Å². The number of fused-ring (bicyclic) bond motifs is 1. The minimum Gasteiger partial charge on any atom is -0.496 e. The second-order valence-corrected chi connectivity index (χ2v) is 5.72. The van der Waals surface area contributed by atoms with Crippen LogP contribution >= 0.6 is 0 Å². The van der Waals surface area contributed by atoms with Gasteiger partial charge in [0.25, 0.3) is 11.8 Å². The van der Waals surface area contributed by atoms with Gasteiger partial charge in [-0.15, -0.1) is 0 Å². The predicted molar refractivity (Wildman–Crippen MR) is 94.1 cm³/mol. The van der Waals surface area contributed by atoms with E-state index in [1.165, 1.54) is 0 Å². The first kappa shape index (κ1) is 16.8. The monoisotopic (exact) mass is 340 g/mol. The molecular weight excluding hydrogens is 320 g/mol. The van der Waals surface area contributed by atoms with E-state index >= 15 is 0 Å². The first-order valence-electron chi connectivity index (χ1n) is 8.13. The fourth-order valence-electron chi connectivity index (χ4n) is 2.81. The molecule has 6 heteroatoms. The van der Waals surface area contributed by atoms with Crippen molar-refractivity contribution in [3.8, 4) is 11.5 Å². The van der Waals surface area contributed by atoms with Crippen LogP contribution in [0, 0.1) is 0 Å². The molecule has 0 saturated carbocycles. The number of hydrogen-bond acceptors (Lipinski definition) is 4. The zero-order valence-corrected chi connectivity index (χ0v) is 14.2. The maximum absolute atomic E-state index is 12.6. The molecule has 0 bridgehead atoms. The second-order valence-electron chi connectivity index (χ2n) is 5.72. The van der Waals surface area contributed by atoms with E-state index in [9.17, 15) is 9.59 Å². The number of anilines is 1. The van der Waals surface area contributed by atoms with Crippen molar-refractivity contribution in [1.29, 1.82) is 0 Å². The Morgan fingerprint density at radius 3 is 2.88 bits per heavy atom. The van der Waals surface area contributed by atoms with Crippen LogP contribution in [0.25, 0.3) is 0 Å². The standard InChI is InChI=1S/C19H20N2O4/c1-3-14(13-6-4-5-7-16(13)24-2)21-19(23)12-8-9-15-17(10-12)25-11-18(22)20-15/h4-10,14H,3,11H2,1-2H3,(H,20,22)(H,21,23)/t14-/m0/s1. The largest absolute Gasteiger partial charge is 0.496 e. The molecule has 1 aliphatic rings. The average Bonchev–Trinajstić information content (AvgIpc) is 2.65. The summed E-state index contributed by atoms with van der Waals surface area (Å²) in [6.45, 7) is 1.96. The van der Waals surface area contributed by atoms with E-state index in [1.807, 2.05) is 31.2 Å². The van der Waals surface area contributed by atoms with E-state index in [0.29, 0.717) is 17.0 Å². The van der Waals surface area contributed by atoms with Gasteiger partial charge in [-0.3, -0.25) is 9.59 Å². The summed E-state index contributed by atoms with van der Waals surface area (Å²) in [5.41, 5.74) is 1.98. The molecule has 0 fully saturated rings. The molecule has 130 valence electrons. The fraction of sp³-hybridized carbons (Fsp3) is 0.263. The molecule has 6 nitrogen and oxygen atoms in total. The number of rotatable bonds is 5. The molecule has 2 amide bonds. The first-order valence-corrected chi connectivity index (χ1v) is 8.13.